The van der Waals surface area contributed by atoms with Crippen LogP contribution in [0.5, 0.6) is 0 Å². The standard InChI is InChI=1S/C25H27NO2/c27-23-16-24(28-18-22(23)26-17-19-10-4-1-5-11-19)25(20-12-6-2-7-13-20)21-14-8-3-9-15-21/h1-15,22-27H,16-18H2/t22-,23?,24+/m1/s1. The molecule has 1 saturated heterocycles. The van der Waals surface area contributed by atoms with Crippen molar-refractivity contribution >= 4 is 0 Å². The Morgan fingerprint density at radius 3 is 1.89 bits per heavy atom. The first-order valence-electron chi connectivity index (χ1n) is 9.98. The molecule has 144 valence electrons. The van der Waals surface area contributed by atoms with E-state index < -0.39 is 6.10 Å². The van der Waals surface area contributed by atoms with Gasteiger partial charge in [-0.3, -0.25) is 0 Å². The van der Waals surface area contributed by atoms with Crippen molar-refractivity contribution in [2.45, 2.75) is 37.1 Å². The van der Waals surface area contributed by atoms with Gasteiger partial charge in [-0.05, 0) is 16.7 Å². The van der Waals surface area contributed by atoms with E-state index in [9.17, 15) is 5.11 Å². The van der Waals surface area contributed by atoms with Gasteiger partial charge in [0.05, 0.1) is 24.9 Å². The van der Waals surface area contributed by atoms with E-state index in [1.54, 1.807) is 0 Å². The molecule has 3 aromatic rings. The van der Waals surface area contributed by atoms with Crippen LogP contribution in [0.4, 0.5) is 0 Å². The van der Waals surface area contributed by atoms with Gasteiger partial charge in [0.15, 0.2) is 0 Å². The molecule has 2 N–H and O–H groups in total. The van der Waals surface area contributed by atoms with Crippen LogP contribution < -0.4 is 5.32 Å². The van der Waals surface area contributed by atoms with Crippen LogP contribution in [0.1, 0.15) is 29.0 Å². The molecular weight excluding hydrogens is 346 g/mol. The average molecular weight is 373 g/mol. The molecule has 3 nitrogen and oxygen atoms in total. The SMILES string of the molecule is OC1C[C@@H](C(c2ccccc2)c2ccccc2)OC[C@H]1NCc1ccccc1. The summed E-state index contributed by atoms with van der Waals surface area (Å²) in [5.74, 6) is 0.118. The number of hydrogen-bond acceptors (Lipinski definition) is 3. The van der Waals surface area contributed by atoms with Gasteiger partial charge in [-0.2, -0.15) is 0 Å². The van der Waals surface area contributed by atoms with E-state index in [1.807, 2.05) is 30.3 Å². The van der Waals surface area contributed by atoms with Crippen LogP contribution in [0.3, 0.4) is 0 Å². The number of benzene rings is 3. The van der Waals surface area contributed by atoms with Gasteiger partial charge in [-0.25, -0.2) is 0 Å². The number of aliphatic hydroxyl groups is 1. The zero-order valence-corrected chi connectivity index (χ0v) is 15.9. The third-order valence-corrected chi connectivity index (χ3v) is 5.53. The number of aliphatic hydroxyl groups excluding tert-OH is 1. The van der Waals surface area contributed by atoms with Crippen molar-refractivity contribution in [2.75, 3.05) is 6.61 Å². The van der Waals surface area contributed by atoms with E-state index in [2.05, 4.69) is 66.0 Å². The van der Waals surface area contributed by atoms with Crippen molar-refractivity contribution in [1.29, 1.82) is 0 Å². The van der Waals surface area contributed by atoms with E-state index in [1.165, 1.54) is 16.7 Å². The summed E-state index contributed by atoms with van der Waals surface area (Å²) in [6.45, 7) is 1.24. The topological polar surface area (TPSA) is 41.5 Å². The Hall–Kier alpha value is -2.46. The molecule has 0 spiro atoms. The summed E-state index contributed by atoms with van der Waals surface area (Å²) in [5.41, 5.74) is 3.66. The molecule has 0 bridgehead atoms. The fourth-order valence-corrected chi connectivity index (χ4v) is 4.02. The predicted octanol–water partition coefficient (Wildman–Crippen LogP) is 4.13. The molecule has 1 fully saturated rings. The Morgan fingerprint density at radius 2 is 1.36 bits per heavy atom. The van der Waals surface area contributed by atoms with E-state index in [-0.39, 0.29) is 18.1 Å². The minimum absolute atomic E-state index is 0.0467. The van der Waals surface area contributed by atoms with Crippen LogP contribution in [-0.4, -0.2) is 30.0 Å². The second-order valence-corrected chi connectivity index (χ2v) is 7.45. The third-order valence-electron chi connectivity index (χ3n) is 5.53. The second-order valence-electron chi connectivity index (χ2n) is 7.45. The highest BCUT2D eigenvalue weighted by atomic mass is 16.5. The zero-order chi connectivity index (χ0) is 19.2. The number of ether oxygens (including phenoxy) is 1. The summed E-state index contributed by atoms with van der Waals surface area (Å²) in [6.07, 6.45) is 0.132. The molecule has 3 aromatic carbocycles. The summed E-state index contributed by atoms with van der Waals surface area (Å²) in [5, 5.41) is 14.3. The monoisotopic (exact) mass is 373 g/mol. The molecular formula is C25H27NO2. The highest BCUT2D eigenvalue weighted by Gasteiger charge is 2.35. The number of nitrogens with one attached hydrogen (secondary N) is 1. The first-order chi connectivity index (χ1) is 13.8. The number of hydrogen-bond donors (Lipinski definition) is 2. The highest BCUT2D eigenvalue weighted by Crippen LogP contribution is 2.34. The van der Waals surface area contributed by atoms with Gasteiger partial charge in [-0.15, -0.1) is 0 Å². The van der Waals surface area contributed by atoms with Crippen molar-refractivity contribution in [3.63, 3.8) is 0 Å². The molecule has 0 aromatic heterocycles. The van der Waals surface area contributed by atoms with Gasteiger partial charge >= 0.3 is 0 Å². The summed E-state index contributed by atoms with van der Waals surface area (Å²) >= 11 is 0. The summed E-state index contributed by atoms with van der Waals surface area (Å²) in [7, 11) is 0. The Labute approximate surface area is 167 Å². The van der Waals surface area contributed by atoms with E-state index >= 15 is 0 Å². The van der Waals surface area contributed by atoms with E-state index in [0.717, 1.165) is 6.54 Å². The van der Waals surface area contributed by atoms with Crippen LogP contribution >= 0.6 is 0 Å². The molecule has 3 heteroatoms. The van der Waals surface area contributed by atoms with Gasteiger partial charge in [-0.1, -0.05) is 91.0 Å². The van der Waals surface area contributed by atoms with Crippen molar-refractivity contribution in [3.05, 3.63) is 108 Å². The second kappa shape index (κ2) is 9.16. The van der Waals surface area contributed by atoms with Crippen molar-refractivity contribution in [1.82, 2.24) is 5.32 Å². The van der Waals surface area contributed by atoms with Gasteiger partial charge < -0.3 is 15.2 Å². The summed E-state index contributed by atoms with van der Waals surface area (Å²) < 4.78 is 6.30. The highest BCUT2D eigenvalue weighted by molar-refractivity contribution is 5.34. The van der Waals surface area contributed by atoms with E-state index in [4.69, 9.17) is 4.74 Å². The summed E-state index contributed by atoms with van der Waals surface area (Å²) in [4.78, 5) is 0. The van der Waals surface area contributed by atoms with Gasteiger partial charge in [0.1, 0.15) is 0 Å². The predicted molar refractivity (Wildman–Crippen MR) is 112 cm³/mol. The molecule has 0 saturated carbocycles. The lowest BCUT2D eigenvalue weighted by Gasteiger charge is -2.38. The lowest BCUT2D eigenvalue weighted by atomic mass is 9.82. The van der Waals surface area contributed by atoms with E-state index in [0.29, 0.717) is 13.0 Å². The van der Waals surface area contributed by atoms with Crippen LogP contribution in [0.2, 0.25) is 0 Å². The fraction of sp³-hybridized carbons (Fsp3) is 0.280. The van der Waals surface area contributed by atoms with Crippen LogP contribution in [0, 0.1) is 0 Å². The fourth-order valence-electron chi connectivity index (χ4n) is 4.02. The Morgan fingerprint density at radius 1 is 0.821 bits per heavy atom. The Bertz CT molecular complexity index is 799. The normalized spacial score (nSPS) is 22.3. The molecule has 1 aliphatic heterocycles. The van der Waals surface area contributed by atoms with Gasteiger partial charge in [0.25, 0.3) is 0 Å². The minimum atomic E-state index is -0.433. The first-order valence-corrected chi connectivity index (χ1v) is 9.98. The maximum Gasteiger partial charge on any atom is 0.0740 e. The van der Waals surface area contributed by atoms with Gasteiger partial charge in [0, 0.05) is 18.9 Å². The molecule has 4 rings (SSSR count). The zero-order valence-electron chi connectivity index (χ0n) is 15.9. The average Bonchev–Trinajstić information content (AvgIpc) is 2.76. The first kappa shape index (κ1) is 18.9. The van der Waals surface area contributed by atoms with Gasteiger partial charge in [0.2, 0.25) is 0 Å². The van der Waals surface area contributed by atoms with Crippen LogP contribution in [-0.2, 0) is 11.3 Å². The molecule has 0 aliphatic carbocycles. The smallest absolute Gasteiger partial charge is 0.0740 e. The molecule has 0 amide bonds. The van der Waals surface area contributed by atoms with Crippen LogP contribution in [0.25, 0.3) is 0 Å². The Kier molecular flexibility index (Phi) is 6.17. The molecule has 0 radical (unpaired) electrons. The molecule has 3 atom stereocenters. The largest absolute Gasteiger partial charge is 0.391 e. The lowest BCUT2D eigenvalue weighted by Crippen LogP contribution is -2.50. The molecule has 28 heavy (non-hydrogen) atoms. The quantitative estimate of drug-likeness (QED) is 0.683. The minimum Gasteiger partial charge on any atom is -0.391 e. The van der Waals surface area contributed by atoms with Crippen molar-refractivity contribution < 1.29 is 9.84 Å². The maximum atomic E-state index is 10.8. The molecule has 1 unspecified atom stereocenters. The molecule has 1 heterocycles. The maximum absolute atomic E-state index is 10.8. The lowest BCUT2D eigenvalue weighted by molar-refractivity contribution is -0.0718. The number of rotatable bonds is 6. The van der Waals surface area contributed by atoms with Crippen molar-refractivity contribution in [3.8, 4) is 0 Å². The van der Waals surface area contributed by atoms with Crippen LogP contribution in [0.15, 0.2) is 91.0 Å². The third kappa shape index (κ3) is 4.50. The summed E-state index contributed by atoms with van der Waals surface area (Å²) in [6, 6.07) is 31.1. The Balaban J connectivity index is 1.46. The van der Waals surface area contributed by atoms with Crippen molar-refractivity contribution in [2.24, 2.45) is 0 Å². The molecule has 1 aliphatic rings.